The largest absolute Gasteiger partial charge is 0.460 e. The van der Waals surface area contributed by atoms with Crippen LogP contribution >= 0.6 is 0 Å². The van der Waals surface area contributed by atoms with Crippen LogP contribution in [0.4, 0.5) is 8.87 Å². The van der Waals surface area contributed by atoms with Crippen molar-refractivity contribution in [1.29, 1.82) is 0 Å². The van der Waals surface area contributed by atoms with Crippen molar-refractivity contribution in [3.63, 3.8) is 0 Å². The molecule has 1 heterocycles. The van der Waals surface area contributed by atoms with Crippen LogP contribution in [0, 0.1) is 5.92 Å². The summed E-state index contributed by atoms with van der Waals surface area (Å²) in [5.41, 5.74) is 0.820. The smallest absolute Gasteiger partial charge is 0.315 e. The number of benzene rings is 1. The summed E-state index contributed by atoms with van der Waals surface area (Å²) in [6.45, 7) is 1.53. The molecule has 92 valence electrons. The number of alkyl halides is 1. The van der Waals surface area contributed by atoms with Crippen LogP contribution in [0.15, 0.2) is 30.3 Å². The average molecular weight is 241 g/mol. The molecule has 0 bridgehead atoms. The van der Waals surface area contributed by atoms with Crippen molar-refractivity contribution in [2.45, 2.75) is 25.9 Å². The van der Waals surface area contributed by atoms with E-state index in [9.17, 15) is 13.7 Å². The summed E-state index contributed by atoms with van der Waals surface area (Å²) >= 11 is 0. The fourth-order valence-corrected chi connectivity index (χ4v) is 1.79. The molecular weight excluding hydrogens is 228 g/mol. The van der Waals surface area contributed by atoms with E-state index in [4.69, 9.17) is 4.74 Å². The van der Waals surface area contributed by atoms with Gasteiger partial charge in [-0.2, -0.15) is 0 Å². The van der Waals surface area contributed by atoms with Gasteiger partial charge >= 0.3 is 5.97 Å². The minimum absolute atomic E-state index is 0.0223. The van der Waals surface area contributed by atoms with Gasteiger partial charge in [0.1, 0.15) is 12.5 Å². The zero-order chi connectivity index (χ0) is 12.4. The lowest BCUT2D eigenvalue weighted by Gasteiger charge is -2.41. The topological polar surface area (TPSA) is 29.5 Å². The maximum atomic E-state index is 13.1. The summed E-state index contributed by atoms with van der Waals surface area (Å²) in [4.78, 5) is 11.5. The van der Waals surface area contributed by atoms with Crippen LogP contribution in [-0.4, -0.2) is 23.4 Å². The van der Waals surface area contributed by atoms with E-state index >= 15 is 0 Å². The average Bonchev–Trinajstić information content (AvgIpc) is 2.37. The zero-order valence-electron chi connectivity index (χ0n) is 9.35. The van der Waals surface area contributed by atoms with Crippen molar-refractivity contribution in [1.82, 2.24) is 5.12 Å². The first-order valence-electron chi connectivity index (χ1n) is 5.40. The Bertz CT molecular complexity index is 389. The van der Waals surface area contributed by atoms with Crippen LogP contribution in [0.2, 0.25) is 0 Å². The van der Waals surface area contributed by atoms with Crippen molar-refractivity contribution in [3.05, 3.63) is 35.9 Å². The SMILES string of the molecule is CC1C(C(=O)OCc2ccccc2)C(F)N1F. The molecule has 1 aromatic carbocycles. The second-order valence-corrected chi connectivity index (χ2v) is 4.08. The third-order valence-corrected chi connectivity index (χ3v) is 2.94. The summed E-state index contributed by atoms with van der Waals surface area (Å²) in [5, 5.41) is 0.0223. The van der Waals surface area contributed by atoms with E-state index in [1.54, 1.807) is 12.1 Å². The minimum Gasteiger partial charge on any atom is -0.460 e. The number of hydrogen-bond acceptors (Lipinski definition) is 3. The Morgan fingerprint density at radius 1 is 1.41 bits per heavy atom. The van der Waals surface area contributed by atoms with Gasteiger partial charge in [0.05, 0.1) is 6.04 Å². The number of carbonyl (C=O) groups excluding carboxylic acids is 1. The standard InChI is InChI=1S/C12H13F2NO2/c1-8-10(11(13)15(8)14)12(16)17-7-9-5-3-2-4-6-9/h2-6,8,10-11H,7H2,1H3. The lowest BCUT2D eigenvalue weighted by molar-refractivity contribution is -0.240. The van der Waals surface area contributed by atoms with Gasteiger partial charge in [0, 0.05) is 0 Å². The highest BCUT2D eigenvalue weighted by Gasteiger charge is 2.52. The molecule has 0 radical (unpaired) electrons. The van der Waals surface area contributed by atoms with E-state index in [2.05, 4.69) is 0 Å². The van der Waals surface area contributed by atoms with Crippen molar-refractivity contribution < 1.29 is 18.4 Å². The van der Waals surface area contributed by atoms with E-state index in [0.717, 1.165) is 5.56 Å². The molecule has 0 saturated carbocycles. The Balaban J connectivity index is 1.86. The molecule has 1 aliphatic rings. The predicted molar refractivity (Wildman–Crippen MR) is 57.0 cm³/mol. The Morgan fingerprint density at radius 2 is 2.06 bits per heavy atom. The number of rotatable bonds is 3. The van der Waals surface area contributed by atoms with Crippen LogP contribution in [0.5, 0.6) is 0 Å². The highest BCUT2D eigenvalue weighted by molar-refractivity contribution is 5.75. The Labute approximate surface area is 97.9 Å². The maximum Gasteiger partial charge on any atom is 0.315 e. The highest BCUT2D eigenvalue weighted by Crippen LogP contribution is 2.34. The summed E-state index contributed by atoms with van der Waals surface area (Å²) < 4.78 is 30.7. The number of esters is 1. The Hall–Kier alpha value is -1.49. The van der Waals surface area contributed by atoms with Gasteiger partial charge in [-0.05, 0) is 12.5 Å². The van der Waals surface area contributed by atoms with E-state index in [1.807, 2.05) is 18.2 Å². The van der Waals surface area contributed by atoms with Gasteiger partial charge in [0.25, 0.3) is 0 Å². The molecule has 0 aromatic heterocycles. The highest BCUT2D eigenvalue weighted by atomic mass is 19.2. The van der Waals surface area contributed by atoms with E-state index in [1.165, 1.54) is 6.92 Å². The number of ether oxygens (including phenoxy) is 1. The van der Waals surface area contributed by atoms with Gasteiger partial charge < -0.3 is 4.74 Å². The van der Waals surface area contributed by atoms with Crippen molar-refractivity contribution >= 4 is 5.97 Å². The van der Waals surface area contributed by atoms with Gasteiger partial charge in [-0.15, -0.1) is 9.60 Å². The monoisotopic (exact) mass is 241 g/mol. The second kappa shape index (κ2) is 4.79. The molecule has 1 aliphatic heterocycles. The molecule has 17 heavy (non-hydrogen) atoms. The first kappa shape index (κ1) is 12.0. The van der Waals surface area contributed by atoms with Crippen LogP contribution in [0.25, 0.3) is 0 Å². The van der Waals surface area contributed by atoms with Crippen molar-refractivity contribution in [2.24, 2.45) is 5.92 Å². The molecule has 1 aromatic rings. The van der Waals surface area contributed by atoms with Crippen LogP contribution < -0.4 is 0 Å². The second-order valence-electron chi connectivity index (χ2n) is 4.08. The third kappa shape index (κ3) is 2.29. The van der Waals surface area contributed by atoms with E-state index in [-0.39, 0.29) is 11.7 Å². The molecule has 1 saturated heterocycles. The van der Waals surface area contributed by atoms with Gasteiger partial charge in [-0.3, -0.25) is 4.79 Å². The van der Waals surface area contributed by atoms with Crippen LogP contribution in [-0.2, 0) is 16.1 Å². The van der Waals surface area contributed by atoms with Crippen LogP contribution in [0.1, 0.15) is 12.5 Å². The summed E-state index contributed by atoms with van der Waals surface area (Å²) in [6.07, 6.45) is -1.88. The molecule has 5 heteroatoms. The predicted octanol–water partition coefficient (Wildman–Crippen LogP) is 2.23. The van der Waals surface area contributed by atoms with Crippen LogP contribution in [0.3, 0.4) is 0 Å². The lowest BCUT2D eigenvalue weighted by atomic mass is 9.91. The number of hydrogen-bond donors (Lipinski definition) is 0. The van der Waals surface area contributed by atoms with Gasteiger partial charge in [-0.1, -0.05) is 30.3 Å². The van der Waals surface area contributed by atoms with E-state index < -0.39 is 24.2 Å². The molecule has 0 amide bonds. The summed E-state index contributed by atoms with van der Waals surface area (Å²) in [5.74, 6) is -1.72. The molecular formula is C12H13F2NO2. The molecule has 2 rings (SSSR count). The van der Waals surface area contributed by atoms with Gasteiger partial charge in [0.2, 0.25) is 0 Å². The molecule has 3 nitrogen and oxygen atoms in total. The first-order chi connectivity index (χ1) is 8.11. The van der Waals surface area contributed by atoms with E-state index in [0.29, 0.717) is 0 Å². The number of nitrogens with zero attached hydrogens (tertiary/aromatic N) is 1. The third-order valence-electron chi connectivity index (χ3n) is 2.94. The summed E-state index contributed by atoms with van der Waals surface area (Å²) in [6, 6.07) is 8.32. The molecule has 3 unspecified atom stereocenters. The molecule has 0 aliphatic carbocycles. The van der Waals surface area contributed by atoms with Gasteiger partial charge in [0.15, 0.2) is 6.30 Å². The fourth-order valence-electron chi connectivity index (χ4n) is 1.79. The molecule has 0 spiro atoms. The quantitative estimate of drug-likeness (QED) is 0.461. The Morgan fingerprint density at radius 3 is 2.65 bits per heavy atom. The molecule has 3 atom stereocenters. The fraction of sp³-hybridized carbons (Fsp3) is 0.417. The summed E-state index contributed by atoms with van der Waals surface area (Å²) in [7, 11) is 0. The number of carbonyl (C=O) groups is 1. The molecule has 0 N–H and O–H groups in total. The Kier molecular flexibility index (Phi) is 3.38. The van der Waals surface area contributed by atoms with Crippen molar-refractivity contribution in [3.8, 4) is 0 Å². The first-order valence-corrected chi connectivity index (χ1v) is 5.40. The normalized spacial score (nSPS) is 28.5. The van der Waals surface area contributed by atoms with Gasteiger partial charge in [-0.25, -0.2) is 4.39 Å². The number of halogens is 2. The maximum absolute atomic E-state index is 13.1. The molecule has 1 fully saturated rings. The van der Waals surface area contributed by atoms with Crippen molar-refractivity contribution in [2.75, 3.05) is 0 Å². The minimum atomic E-state index is -1.88. The zero-order valence-corrected chi connectivity index (χ0v) is 9.35. The lowest BCUT2D eigenvalue weighted by Crippen LogP contribution is -2.59.